The molecule has 0 fully saturated rings. The smallest absolute Gasteiger partial charge is 0.0399 e. The lowest BCUT2D eigenvalue weighted by molar-refractivity contribution is 0.637. The van der Waals surface area contributed by atoms with Gasteiger partial charge in [-0.15, -0.1) is 0 Å². The van der Waals surface area contributed by atoms with Crippen LogP contribution in [0.1, 0.15) is 17.5 Å². The van der Waals surface area contributed by atoms with Crippen LogP contribution in [0, 0.1) is 0 Å². The highest BCUT2D eigenvalue weighted by Gasteiger charge is 2.17. The summed E-state index contributed by atoms with van der Waals surface area (Å²) >= 11 is 3.59. The van der Waals surface area contributed by atoms with Gasteiger partial charge in [0.15, 0.2) is 0 Å². The predicted octanol–water partition coefficient (Wildman–Crippen LogP) is 3.99. The molecule has 0 aliphatic carbocycles. The van der Waals surface area contributed by atoms with Crippen molar-refractivity contribution in [3.05, 3.63) is 64.1 Å². The van der Waals surface area contributed by atoms with Crippen LogP contribution in [0.15, 0.2) is 53.0 Å². The van der Waals surface area contributed by atoms with Crippen LogP contribution >= 0.6 is 15.9 Å². The van der Waals surface area contributed by atoms with Gasteiger partial charge < -0.3 is 10.2 Å². The molecule has 1 aliphatic heterocycles. The van der Waals surface area contributed by atoms with Crippen LogP contribution in [0.25, 0.3) is 0 Å². The number of nitrogens with one attached hydrogen (secondary N) is 1. The van der Waals surface area contributed by atoms with E-state index in [2.05, 4.69) is 74.7 Å². The molecular formula is C18H21BrN2. The molecule has 2 aromatic rings. The second-order valence-corrected chi connectivity index (χ2v) is 6.34. The Balaban J connectivity index is 1.41. The van der Waals surface area contributed by atoms with Crippen molar-refractivity contribution in [2.45, 2.75) is 19.4 Å². The Hall–Kier alpha value is -1.32. The lowest BCUT2D eigenvalue weighted by Gasteiger charge is -2.19. The minimum absolute atomic E-state index is 0.929. The zero-order chi connectivity index (χ0) is 14.5. The Morgan fingerprint density at radius 1 is 1.05 bits per heavy atom. The summed E-state index contributed by atoms with van der Waals surface area (Å²) in [6.45, 7) is 4.29. The van der Waals surface area contributed by atoms with E-state index in [9.17, 15) is 0 Å². The standard InChI is InChI=1S/C18H21BrN2/c19-17-8-3-1-7-16(17)14-20-11-5-12-21-13-10-15-6-2-4-9-18(15)21/h1-4,6-9,20H,5,10-14H2. The van der Waals surface area contributed by atoms with Gasteiger partial charge in [0.25, 0.3) is 0 Å². The van der Waals surface area contributed by atoms with Crippen LogP contribution in [-0.4, -0.2) is 19.6 Å². The van der Waals surface area contributed by atoms with E-state index in [0.29, 0.717) is 0 Å². The van der Waals surface area contributed by atoms with Crippen molar-refractivity contribution in [2.75, 3.05) is 24.5 Å². The van der Waals surface area contributed by atoms with Gasteiger partial charge in [0.05, 0.1) is 0 Å². The molecule has 0 bridgehead atoms. The summed E-state index contributed by atoms with van der Waals surface area (Å²) in [4.78, 5) is 2.51. The number of nitrogens with zero attached hydrogens (tertiary/aromatic N) is 1. The Morgan fingerprint density at radius 2 is 1.86 bits per heavy atom. The van der Waals surface area contributed by atoms with Gasteiger partial charge in [-0.1, -0.05) is 52.3 Å². The molecular weight excluding hydrogens is 324 g/mol. The van der Waals surface area contributed by atoms with Crippen molar-refractivity contribution in [1.82, 2.24) is 5.32 Å². The average molecular weight is 345 g/mol. The summed E-state index contributed by atoms with van der Waals surface area (Å²) in [5, 5.41) is 3.53. The highest BCUT2D eigenvalue weighted by Crippen LogP contribution is 2.27. The zero-order valence-electron chi connectivity index (χ0n) is 12.2. The van der Waals surface area contributed by atoms with Gasteiger partial charge >= 0.3 is 0 Å². The summed E-state index contributed by atoms with van der Waals surface area (Å²) in [6, 6.07) is 17.2. The molecule has 2 nitrogen and oxygen atoms in total. The van der Waals surface area contributed by atoms with Gasteiger partial charge in [-0.25, -0.2) is 0 Å². The number of hydrogen-bond acceptors (Lipinski definition) is 2. The van der Waals surface area contributed by atoms with E-state index in [4.69, 9.17) is 0 Å². The van der Waals surface area contributed by atoms with E-state index in [1.54, 1.807) is 0 Å². The van der Waals surface area contributed by atoms with Crippen LogP contribution in [0.2, 0.25) is 0 Å². The Morgan fingerprint density at radius 3 is 2.76 bits per heavy atom. The van der Waals surface area contributed by atoms with Crippen molar-refractivity contribution < 1.29 is 0 Å². The zero-order valence-corrected chi connectivity index (χ0v) is 13.8. The number of para-hydroxylation sites is 1. The van der Waals surface area contributed by atoms with Crippen LogP contribution < -0.4 is 10.2 Å². The van der Waals surface area contributed by atoms with Gasteiger partial charge in [0.2, 0.25) is 0 Å². The third-order valence-corrected chi connectivity index (χ3v) is 4.81. The van der Waals surface area contributed by atoms with Crippen LogP contribution in [-0.2, 0) is 13.0 Å². The van der Waals surface area contributed by atoms with Gasteiger partial charge in [0, 0.05) is 29.8 Å². The molecule has 1 aliphatic rings. The van der Waals surface area contributed by atoms with Gasteiger partial charge in [0.1, 0.15) is 0 Å². The molecule has 0 radical (unpaired) electrons. The van der Waals surface area contributed by atoms with E-state index >= 15 is 0 Å². The highest BCUT2D eigenvalue weighted by molar-refractivity contribution is 9.10. The van der Waals surface area contributed by atoms with Gasteiger partial charge in [-0.05, 0) is 42.6 Å². The first kappa shape index (κ1) is 14.6. The van der Waals surface area contributed by atoms with Crippen molar-refractivity contribution in [2.24, 2.45) is 0 Å². The van der Waals surface area contributed by atoms with Crippen molar-refractivity contribution in [3.8, 4) is 0 Å². The number of rotatable bonds is 6. The molecule has 0 aromatic heterocycles. The van der Waals surface area contributed by atoms with E-state index in [1.807, 2.05) is 0 Å². The maximum Gasteiger partial charge on any atom is 0.0399 e. The predicted molar refractivity (Wildman–Crippen MR) is 92.8 cm³/mol. The monoisotopic (exact) mass is 344 g/mol. The summed E-state index contributed by atoms with van der Waals surface area (Å²) in [5.41, 5.74) is 4.26. The molecule has 3 rings (SSSR count). The Kier molecular flexibility index (Phi) is 4.94. The minimum Gasteiger partial charge on any atom is -0.371 e. The van der Waals surface area contributed by atoms with E-state index in [1.165, 1.54) is 40.7 Å². The Bertz CT molecular complexity index is 597. The first-order valence-corrected chi connectivity index (χ1v) is 8.41. The van der Waals surface area contributed by atoms with Crippen LogP contribution in [0.5, 0.6) is 0 Å². The first-order chi connectivity index (χ1) is 10.3. The average Bonchev–Trinajstić information content (AvgIpc) is 2.92. The summed E-state index contributed by atoms with van der Waals surface area (Å²) < 4.78 is 1.19. The normalized spacial score (nSPS) is 13.5. The fraction of sp³-hybridized carbons (Fsp3) is 0.333. The highest BCUT2D eigenvalue weighted by atomic mass is 79.9. The molecule has 110 valence electrons. The quantitative estimate of drug-likeness (QED) is 0.797. The molecule has 0 saturated heterocycles. The molecule has 3 heteroatoms. The van der Waals surface area contributed by atoms with E-state index in [0.717, 1.165) is 19.6 Å². The molecule has 0 unspecified atom stereocenters. The lowest BCUT2D eigenvalue weighted by Crippen LogP contribution is -2.25. The van der Waals surface area contributed by atoms with Crippen molar-refractivity contribution >= 4 is 21.6 Å². The van der Waals surface area contributed by atoms with Crippen molar-refractivity contribution in [3.63, 3.8) is 0 Å². The fourth-order valence-electron chi connectivity index (χ4n) is 2.90. The molecule has 0 atom stereocenters. The molecule has 21 heavy (non-hydrogen) atoms. The molecule has 0 spiro atoms. The third kappa shape index (κ3) is 3.66. The Labute approximate surface area is 135 Å². The summed E-state index contributed by atoms with van der Waals surface area (Å²) in [6.07, 6.45) is 2.37. The first-order valence-electron chi connectivity index (χ1n) is 7.61. The van der Waals surface area contributed by atoms with E-state index < -0.39 is 0 Å². The lowest BCUT2D eigenvalue weighted by atomic mass is 10.2. The molecule has 1 heterocycles. The minimum atomic E-state index is 0.929. The number of halogens is 1. The largest absolute Gasteiger partial charge is 0.371 e. The number of anilines is 1. The van der Waals surface area contributed by atoms with Crippen molar-refractivity contribution in [1.29, 1.82) is 0 Å². The SMILES string of the molecule is Brc1ccccc1CNCCCN1CCc2ccccc21. The molecule has 0 amide bonds. The summed E-state index contributed by atoms with van der Waals surface area (Å²) in [5.74, 6) is 0. The number of benzene rings is 2. The topological polar surface area (TPSA) is 15.3 Å². The second-order valence-electron chi connectivity index (χ2n) is 5.49. The van der Waals surface area contributed by atoms with Gasteiger partial charge in [-0.3, -0.25) is 0 Å². The third-order valence-electron chi connectivity index (χ3n) is 4.04. The van der Waals surface area contributed by atoms with Crippen LogP contribution in [0.4, 0.5) is 5.69 Å². The van der Waals surface area contributed by atoms with Crippen LogP contribution in [0.3, 0.4) is 0 Å². The second kappa shape index (κ2) is 7.10. The summed E-state index contributed by atoms with van der Waals surface area (Å²) in [7, 11) is 0. The number of fused-ring (bicyclic) bond motifs is 1. The molecule has 0 saturated carbocycles. The maximum atomic E-state index is 3.59. The molecule has 1 N–H and O–H groups in total. The molecule has 2 aromatic carbocycles. The number of hydrogen-bond donors (Lipinski definition) is 1. The fourth-order valence-corrected chi connectivity index (χ4v) is 3.32. The maximum absolute atomic E-state index is 3.59. The van der Waals surface area contributed by atoms with E-state index in [-0.39, 0.29) is 0 Å². The van der Waals surface area contributed by atoms with Gasteiger partial charge in [-0.2, -0.15) is 0 Å².